The van der Waals surface area contributed by atoms with Gasteiger partial charge in [-0.05, 0) is 49.6 Å². The molecule has 0 spiro atoms. The van der Waals surface area contributed by atoms with Crippen LogP contribution in [-0.4, -0.2) is 0 Å². The summed E-state index contributed by atoms with van der Waals surface area (Å²) in [5.41, 5.74) is 4.05. The van der Waals surface area contributed by atoms with E-state index in [2.05, 4.69) is 31.2 Å². The van der Waals surface area contributed by atoms with E-state index in [9.17, 15) is 4.39 Å². The first-order chi connectivity index (χ1) is 9.72. The molecule has 0 radical (unpaired) electrons. The zero-order valence-electron chi connectivity index (χ0n) is 11.5. The summed E-state index contributed by atoms with van der Waals surface area (Å²) in [5.74, 6) is -0.180. The highest BCUT2D eigenvalue weighted by atomic mass is 32.1. The summed E-state index contributed by atoms with van der Waals surface area (Å²) in [6, 6.07) is 11.1. The van der Waals surface area contributed by atoms with Crippen LogP contribution in [-0.2, 0) is 6.42 Å². The molecule has 0 unspecified atom stereocenters. The van der Waals surface area contributed by atoms with Crippen LogP contribution in [0.4, 0.5) is 4.39 Å². The van der Waals surface area contributed by atoms with E-state index < -0.39 is 0 Å². The maximum atomic E-state index is 13.0. The van der Waals surface area contributed by atoms with Crippen molar-refractivity contribution in [2.75, 3.05) is 0 Å². The molecular formula is C18H17FS. The minimum Gasteiger partial charge on any atom is -0.207 e. The van der Waals surface area contributed by atoms with Crippen molar-refractivity contribution in [2.45, 2.75) is 26.2 Å². The largest absolute Gasteiger partial charge is 0.207 e. The lowest BCUT2D eigenvalue weighted by atomic mass is 9.96. The van der Waals surface area contributed by atoms with Crippen molar-refractivity contribution in [1.82, 2.24) is 0 Å². The Morgan fingerprint density at radius 2 is 1.90 bits per heavy atom. The van der Waals surface area contributed by atoms with Crippen LogP contribution in [0.2, 0.25) is 0 Å². The van der Waals surface area contributed by atoms with Crippen LogP contribution in [0.15, 0.2) is 59.7 Å². The molecule has 3 rings (SSSR count). The third kappa shape index (κ3) is 2.91. The lowest BCUT2D eigenvalue weighted by molar-refractivity contribution is 0.628. The van der Waals surface area contributed by atoms with Crippen LogP contribution >= 0.6 is 11.3 Å². The predicted octanol–water partition coefficient (Wildman–Crippen LogP) is 5.76. The highest BCUT2D eigenvalue weighted by molar-refractivity contribution is 7.15. The summed E-state index contributed by atoms with van der Waals surface area (Å²) in [5, 5.41) is 0. The SMILES string of the molecule is CC1=C(Cc2ccc(-c3ccc(F)cc3)s2)CCC=C1. The number of halogens is 1. The van der Waals surface area contributed by atoms with Crippen LogP contribution in [0.3, 0.4) is 0 Å². The molecule has 2 heteroatoms. The summed E-state index contributed by atoms with van der Waals surface area (Å²) < 4.78 is 13.0. The number of hydrogen-bond acceptors (Lipinski definition) is 1. The monoisotopic (exact) mass is 284 g/mol. The maximum absolute atomic E-state index is 13.0. The summed E-state index contributed by atoms with van der Waals surface area (Å²) in [7, 11) is 0. The number of benzene rings is 1. The lowest BCUT2D eigenvalue weighted by Crippen LogP contribution is -1.95. The summed E-state index contributed by atoms with van der Waals surface area (Å²) in [4.78, 5) is 2.60. The van der Waals surface area contributed by atoms with Gasteiger partial charge in [0, 0.05) is 16.2 Å². The molecule has 0 amide bonds. The molecular weight excluding hydrogens is 267 g/mol. The first-order valence-electron chi connectivity index (χ1n) is 6.92. The maximum Gasteiger partial charge on any atom is 0.123 e. The fourth-order valence-corrected chi connectivity index (χ4v) is 3.57. The summed E-state index contributed by atoms with van der Waals surface area (Å²) >= 11 is 1.81. The van der Waals surface area contributed by atoms with Gasteiger partial charge < -0.3 is 0 Å². The van der Waals surface area contributed by atoms with Crippen LogP contribution in [0, 0.1) is 5.82 Å². The minimum absolute atomic E-state index is 0.180. The van der Waals surface area contributed by atoms with E-state index in [1.165, 1.54) is 33.9 Å². The average Bonchev–Trinajstić information content (AvgIpc) is 2.91. The van der Waals surface area contributed by atoms with Crippen LogP contribution in [0.25, 0.3) is 10.4 Å². The van der Waals surface area contributed by atoms with E-state index in [0.717, 1.165) is 18.4 Å². The first kappa shape index (κ1) is 13.3. The van der Waals surface area contributed by atoms with Gasteiger partial charge in [0.05, 0.1) is 0 Å². The van der Waals surface area contributed by atoms with Crippen molar-refractivity contribution in [2.24, 2.45) is 0 Å². The Labute approximate surface area is 123 Å². The van der Waals surface area contributed by atoms with Gasteiger partial charge in [-0.1, -0.05) is 35.4 Å². The Morgan fingerprint density at radius 3 is 2.65 bits per heavy atom. The lowest BCUT2D eigenvalue weighted by Gasteiger charge is -2.12. The molecule has 1 heterocycles. The molecule has 0 fully saturated rings. The van der Waals surface area contributed by atoms with Crippen LogP contribution in [0.5, 0.6) is 0 Å². The Kier molecular flexibility index (Phi) is 3.83. The Morgan fingerprint density at radius 1 is 1.10 bits per heavy atom. The van der Waals surface area contributed by atoms with E-state index in [0.29, 0.717) is 0 Å². The van der Waals surface area contributed by atoms with Gasteiger partial charge in [0.15, 0.2) is 0 Å². The van der Waals surface area contributed by atoms with E-state index in [4.69, 9.17) is 0 Å². The van der Waals surface area contributed by atoms with Gasteiger partial charge >= 0.3 is 0 Å². The molecule has 1 aromatic carbocycles. The van der Waals surface area contributed by atoms with E-state index >= 15 is 0 Å². The van der Waals surface area contributed by atoms with Gasteiger partial charge in [-0.2, -0.15) is 0 Å². The molecule has 1 aliphatic rings. The van der Waals surface area contributed by atoms with Crippen LogP contribution < -0.4 is 0 Å². The minimum atomic E-state index is -0.180. The second-order valence-electron chi connectivity index (χ2n) is 5.18. The molecule has 0 saturated carbocycles. The third-order valence-corrected chi connectivity index (χ3v) is 4.85. The quantitative estimate of drug-likeness (QED) is 0.672. The zero-order valence-corrected chi connectivity index (χ0v) is 12.3. The van der Waals surface area contributed by atoms with Crippen molar-refractivity contribution < 1.29 is 4.39 Å². The van der Waals surface area contributed by atoms with Crippen molar-refractivity contribution in [1.29, 1.82) is 0 Å². The second kappa shape index (κ2) is 5.76. The fraction of sp³-hybridized carbons (Fsp3) is 0.222. The number of thiophene rings is 1. The molecule has 0 N–H and O–H groups in total. The normalized spacial score (nSPS) is 14.9. The molecule has 0 nitrogen and oxygen atoms in total. The molecule has 0 atom stereocenters. The standard InChI is InChI=1S/C18H17FS/c1-13-4-2-3-5-15(13)12-17-10-11-18(20-17)14-6-8-16(19)9-7-14/h2,4,6-11H,3,5,12H2,1H3. The molecule has 0 bridgehead atoms. The average molecular weight is 284 g/mol. The highest BCUT2D eigenvalue weighted by Crippen LogP contribution is 2.31. The van der Waals surface area contributed by atoms with Gasteiger partial charge in [0.1, 0.15) is 5.82 Å². The number of hydrogen-bond donors (Lipinski definition) is 0. The van der Waals surface area contributed by atoms with Gasteiger partial charge in [-0.25, -0.2) is 4.39 Å². The van der Waals surface area contributed by atoms with Crippen molar-refractivity contribution in [3.05, 3.63) is 70.4 Å². The van der Waals surface area contributed by atoms with E-state index in [1.54, 1.807) is 16.9 Å². The Bertz CT molecular complexity index is 659. The molecule has 102 valence electrons. The Balaban J connectivity index is 1.80. The summed E-state index contributed by atoms with van der Waals surface area (Å²) in [6.45, 7) is 2.19. The van der Waals surface area contributed by atoms with Crippen molar-refractivity contribution >= 4 is 11.3 Å². The molecule has 0 saturated heterocycles. The summed E-state index contributed by atoms with van der Waals surface area (Å²) in [6.07, 6.45) is 7.85. The molecule has 2 aromatic rings. The smallest absolute Gasteiger partial charge is 0.123 e. The molecule has 0 aliphatic heterocycles. The zero-order chi connectivity index (χ0) is 13.9. The van der Waals surface area contributed by atoms with Crippen molar-refractivity contribution in [3.8, 4) is 10.4 Å². The van der Waals surface area contributed by atoms with Gasteiger partial charge in [-0.3, -0.25) is 0 Å². The number of rotatable bonds is 3. The second-order valence-corrected chi connectivity index (χ2v) is 6.35. The third-order valence-electron chi connectivity index (χ3n) is 3.72. The highest BCUT2D eigenvalue weighted by Gasteiger charge is 2.09. The Hall–Kier alpha value is -1.67. The van der Waals surface area contributed by atoms with Crippen LogP contribution in [0.1, 0.15) is 24.6 Å². The molecule has 20 heavy (non-hydrogen) atoms. The van der Waals surface area contributed by atoms with E-state index in [-0.39, 0.29) is 5.82 Å². The van der Waals surface area contributed by atoms with Crippen molar-refractivity contribution in [3.63, 3.8) is 0 Å². The molecule has 1 aromatic heterocycles. The predicted molar refractivity (Wildman–Crippen MR) is 84.5 cm³/mol. The number of allylic oxidation sites excluding steroid dienone is 4. The van der Waals surface area contributed by atoms with Gasteiger partial charge in [0.2, 0.25) is 0 Å². The molecule has 1 aliphatic carbocycles. The van der Waals surface area contributed by atoms with Gasteiger partial charge in [-0.15, -0.1) is 11.3 Å². The fourth-order valence-electron chi connectivity index (χ4n) is 2.51. The first-order valence-corrected chi connectivity index (χ1v) is 7.74. The van der Waals surface area contributed by atoms with Gasteiger partial charge in [0.25, 0.3) is 0 Å². The van der Waals surface area contributed by atoms with E-state index in [1.807, 2.05) is 12.1 Å². The topological polar surface area (TPSA) is 0 Å².